The predicted octanol–water partition coefficient (Wildman–Crippen LogP) is 5.72. The van der Waals surface area contributed by atoms with Crippen LogP contribution in [0.5, 0.6) is 0 Å². The number of hydrogen-bond acceptors (Lipinski definition) is 19. The van der Waals surface area contributed by atoms with E-state index in [1.807, 2.05) is 48.6 Å². The van der Waals surface area contributed by atoms with Crippen LogP contribution >= 0.6 is 0 Å². The quantitative estimate of drug-likeness (QED) is 0.129. The first-order valence-electron chi connectivity index (χ1n) is 26.6. The molecule has 1 unspecified atom stereocenters. The summed E-state index contributed by atoms with van der Waals surface area (Å²) in [7, 11) is 4.93. The summed E-state index contributed by atoms with van der Waals surface area (Å²) in [6.45, 7) is 28.0. The van der Waals surface area contributed by atoms with E-state index in [4.69, 9.17) is 52.1 Å². The van der Waals surface area contributed by atoms with Crippen molar-refractivity contribution in [1.82, 2.24) is 14.5 Å². The second kappa shape index (κ2) is 26.8. The van der Waals surface area contributed by atoms with Gasteiger partial charge < -0.3 is 67.2 Å². The van der Waals surface area contributed by atoms with Crippen molar-refractivity contribution in [3.8, 4) is 0 Å². The fraction of sp³-hybridized carbons (Fsp3) is 0.833. The van der Waals surface area contributed by atoms with Gasteiger partial charge in [0, 0.05) is 69.8 Å². The summed E-state index contributed by atoms with van der Waals surface area (Å²) in [5.41, 5.74) is -1.43. The van der Waals surface area contributed by atoms with Crippen molar-refractivity contribution < 1.29 is 81.5 Å². The molecule has 20 nitrogen and oxygen atoms in total. The van der Waals surface area contributed by atoms with E-state index < -0.39 is 139 Å². The number of Topliss-reactive ketones (excluding diaryl/α,β-unsaturated/α-hetero) is 1. The molecule has 4 aliphatic rings. The molecule has 0 saturated carbocycles. The fourth-order valence-corrected chi connectivity index (χ4v) is 11.3. The minimum absolute atomic E-state index is 0.0165. The average Bonchev–Trinajstić information content (AvgIpc) is 3.85. The summed E-state index contributed by atoms with van der Waals surface area (Å²) < 4.78 is 71.1. The van der Waals surface area contributed by atoms with Crippen LogP contribution in [-0.2, 0) is 66.5 Å². The first kappa shape index (κ1) is 61.4. The van der Waals surface area contributed by atoms with Crippen LogP contribution in [0.3, 0.4) is 0 Å². The second-order valence-electron chi connectivity index (χ2n) is 22.5. The van der Waals surface area contributed by atoms with Crippen LogP contribution in [0.2, 0.25) is 0 Å². The Labute approximate surface area is 438 Å². The molecule has 0 aliphatic carbocycles. The molecule has 20 heteroatoms. The Kier molecular flexibility index (Phi) is 22.2. The molecular weight excluding hydrogens is 963 g/mol. The standard InChI is InChI=1S/C54H89N3O17/c1-27(2)20-39(58)70-45-35(10)44(30(5)25-66-52-48(65-17)47(64-16)42(60)38(13)69-52)72-50(62)37(12)46(71-40-22-31(6)56(15)24-33(8)67-40)34(9)43(73-51-41(59)28(3)21-32(7)68-51)29(4)23-54(14,49(61)36(45)11)74-53(63)57-19-18-55-26-57/h18-19,26-27,29-38,40-48,51-52,59-60H,3,20-25H2,1-2,4-17H3/t29-,30-,31?,32+,33-,34+,35-,36+,37+,38+,40-,41+,42+,43-,44+,45+,46-,47+,48+,51-,52+,54-/m0/s1. The molecule has 1 aromatic heterocycles. The summed E-state index contributed by atoms with van der Waals surface area (Å²) in [6.07, 6.45) is -8.68. The molecule has 4 fully saturated rings. The maximum atomic E-state index is 15.7. The monoisotopic (exact) mass is 1050 g/mol. The van der Waals surface area contributed by atoms with Gasteiger partial charge in [0.15, 0.2) is 30.3 Å². The molecule has 0 aromatic carbocycles. The van der Waals surface area contributed by atoms with Gasteiger partial charge in [0.1, 0.15) is 43.0 Å². The molecule has 22 atom stereocenters. The number of hydrogen-bond donors (Lipinski definition) is 2. The highest BCUT2D eigenvalue weighted by Crippen LogP contribution is 2.41. The van der Waals surface area contributed by atoms with Gasteiger partial charge in [-0.15, -0.1) is 0 Å². The topological polar surface area (TPSA) is 231 Å². The van der Waals surface area contributed by atoms with Gasteiger partial charge in [-0.25, -0.2) is 14.3 Å². The molecule has 0 amide bonds. The van der Waals surface area contributed by atoms with Crippen LogP contribution in [0.4, 0.5) is 4.79 Å². The van der Waals surface area contributed by atoms with Crippen molar-refractivity contribution in [2.24, 2.45) is 41.4 Å². The average molecular weight is 1050 g/mol. The number of imidazole rings is 1. The molecule has 2 N–H and O–H groups in total. The van der Waals surface area contributed by atoms with Gasteiger partial charge in [-0.2, -0.15) is 0 Å². The molecule has 5 rings (SSSR count). The number of aromatic nitrogens is 2. The third kappa shape index (κ3) is 15.0. The van der Waals surface area contributed by atoms with E-state index in [0.717, 1.165) is 4.57 Å². The number of rotatable bonds is 14. The maximum absolute atomic E-state index is 15.7. The van der Waals surface area contributed by atoms with Gasteiger partial charge in [0.25, 0.3) is 0 Å². The van der Waals surface area contributed by atoms with Gasteiger partial charge in [-0.1, -0.05) is 55.0 Å². The van der Waals surface area contributed by atoms with Gasteiger partial charge >= 0.3 is 18.0 Å². The number of esters is 2. The molecule has 0 spiro atoms. The van der Waals surface area contributed by atoms with Gasteiger partial charge in [0.05, 0.1) is 49.0 Å². The Morgan fingerprint density at radius 2 is 1.54 bits per heavy atom. The number of ether oxygens (including phenoxy) is 11. The molecule has 0 bridgehead atoms. The van der Waals surface area contributed by atoms with E-state index in [2.05, 4.69) is 23.4 Å². The summed E-state index contributed by atoms with van der Waals surface area (Å²) >= 11 is 0. The lowest BCUT2D eigenvalue weighted by molar-refractivity contribution is -0.305. The van der Waals surface area contributed by atoms with E-state index in [0.29, 0.717) is 25.0 Å². The highest BCUT2D eigenvalue weighted by atomic mass is 16.7. The zero-order chi connectivity index (χ0) is 55.1. The Morgan fingerprint density at radius 3 is 2.16 bits per heavy atom. The number of cyclic esters (lactones) is 1. The molecule has 74 heavy (non-hydrogen) atoms. The molecular formula is C54H89N3O17. The highest BCUT2D eigenvalue weighted by Gasteiger charge is 2.52. The van der Waals surface area contributed by atoms with Crippen LogP contribution in [0.25, 0.3) is 0 Å². The van der Waals surface area contributed by atoms with Crippen LogP contribution < -0.4 is 0 Å². The normalized spacial score (nSPS) is 40.9. The number of aliphatic hydroxyl groups excluding tert-OH is 2. The first-order chi connectivity index (χ1) is 34.7. The molecule has 422 valence electrons. The number of aliphatic hydroxyl groups is 2. The summed E-state index contributed by atoms with van der Waals surface area (Å²) in [4.78, 5) is 65.2. The van der Waals surface area contributed by atoms with E-state index in [9.17, 15) is 19.8 Å². The van der Waals surface area contributed by atoms with Gasteiger partial charge in [-0.3, -0.25) is 14.4 Å². The van der Waals surface area contributed by atoms with Gasteiger partial charge in [0.2, 0.25) is 0 Å². The lowest BCUT2D eigenvalue weighted by atomic mass is 9.74. The second-order valence-corrected chi connectivity index (χ2v) is 22.5. The molecule has 4 saturated heterocycles. The van der Waals surface area contributed by atoms with E-state index in [-0.39, 0.29) is 43.6 Å². The Bertz CT molecular complexity index is 1990. The van der Waals surface area contributed by atoms with E-state index in [1.165, 1.54) is 39.9 Å². The maximum Gasteiger partial charge on any atom is 0.420 e. The van der Waals surface area contributed by atoms with Crippen LogP contribution in [0, 0.1) is 41.4 Å². The Hall–Kier alpha value is -3.41. The minimum Gasteiger partial charge on any atom is -0.461 e. The number of likely N-dealkylation sites (N-methyl/N-ethyl adjacent to an activating group) is 1. The molecule has 1 aromatic rings. The van der Waals surface area contributed by atoms with Gasteiger partial charge in [-0.05, 0) is 78.8 Å². The van der Waals surface area contributed by atoms with Crippen LogP contribution in [0.1, 0.15) is 116 Å². The number of ketones is 1. The Morgan fingerprint density at radius 1 is 0.865 bits per heavy atom. The van der Waals surface area contributed by atoms with Crippen molar-refractivity contribution in [1.29, 1.82) is 0 Å². The number of carbonyl (C=O) groups is 4. The van der Waals surface area contributed by atoms with Crippen molar-refractivity contribution in [3.63, 3.8) is 0 Å². The lowest BCUT2D eigenvalue weighted by Crippen LogP contribution is -2.59. The first-order valence-corrected chi connectivity index (χ1v) is 26.6. The van der Waals surface area contributed by atoms with Crippen molar-refractivity contribution in [3.05, 3.63) is 30.9 Å². The summed E-state index contributed by atoms with van der Waals surface area (Å²) in [6, 6.07) is 0.0295. The highest BCUT2D eigenvalue weighted by molar-refractivity contribution is 5.91. The molecule has 5 heterocycles. The summed E-state index contributed by atoms with van der Waals surface area (Å²) in [5.74, 6) is -7.20. The number of methoxy groups -OCH3 is 2. The van der Waals surface area contributed by atoms with Crippen LogP contribution in [0.15, 0.2) is 30.9 Å². The van der Waals surface area contributed by atoms with Crippen molar-refractivity contribution in [2.45, 2.75) is 213 Å². The molecule has 0 radical (unpaired) electrons. The Balaban J connectivity index is 1.69. The smallest absolute Gasteiger partial charge is 0.420 e. The lowest BCUT2D eigenvalue weighted by Gasteiger charge is -2.45. The third-order valence-corrected chi connectivity index (χ3v) is 15.6. The van der Waals surface area contributed by atoms with E-state index in [1.54, 1.807) is 34.6 Å². The third-order valence-electron chi connectivity index (χ3n) is 15.6. The number of nitrogens with zero attached hydrogens (tertiary/aromatic N) is 3. The minimum atomic E-state index is -1.94. The zero-order valence-electron chi connectivity index (χ0n) is 46.7. The number of carbonyl (C=O) groups excluding carboxylic acids is 4. The van der Waals surface area contributed by atoms with E-state index >= 15 is 9.59 Å². The SMILES string of the molecule is C=C1C[C@@H](C)O[C@@H](O[C@@H]2[C@@H](C)[C@H](O[C@H]3CC(C)N(C)C[C@H](C)O3)[C@@H](C)C(=O)O[C@H]([C@@H](C)CO[C@@H]3O[C@H](C)[C@@H](O)[C@@H](OC)[C@H]3OC)[C@H](C)[C@@H](OC(=O)CC(C)C)[C@@H](C)C(=O)[C@@](C)(OC(=O)n3ccnc3)C[C@@H]2C)[C@@H]1O. The largest absolute Gasteiger partial charge is 0.461 e. The zero-order valence-corrected chi connectivity index (χ0v) is 46.7. The molecule has 4 aliphatic heterocycles. The fourth-order valence-electron chi connectivity index (χ4n) is 11.3. The van der Waals surface area contributed by atoms with Crippen molar-refractivity contribution >= 4 is 23.8 Å². The van der Waals surface area contributed by atoms with Crippen molar-refractivity contribution in [2.75, 3.05) is 34.4 Å². The van der Waals surface area contributed by atoms with Crippen LogP contribution in [-0.4, -0.2) is 181 Å². The summed E-state index contributed by atoms with van der Waals surface area (Å²) in [5, 5.41) is 22.4. The predicted molar refractivity (Wildman–Crippen MR) is 269 cm³/mol.